The lowest BCUT2D eigenvalue weighted by Crippen LogP contribution is -2.36. The average Bonchev–Trinajstić information content (AvgIpc) is 1.89. The summed E-state index contributed by atoms with van der Waals surface area (Å²) in [5, 5.41) is 17.7. The van der Waals surface area contributed by atoms with Crippen LogP contribution in [0.2, 0.25) is 0 Å². The maximum Gasteiger partial charge on any atom is 0.0831 e. The van der Waals surface area contributed by atoms with Crippen LogP contribution in [-0.2, 0) is 0 Å². The van der Waals surface area contributed by atoms with E-state index in [-0.39, 0.29) is 13.2 Å². The van der Waals surface area contributed by atoms with Gasteiger partial charge in [-0.05, 0) is 6.92 Å². The molecule has 0 aromatic rings. The van der Waals surface area contributed by atoms with Crippen LogP contribution in [0.15, 0.2) is 0 Å². The van der Waals surface area contributed by atoms with E-state index >= 15 is 0 Å². The molecular weight excluding hydrogens is 150 g/mol. The van der Waals surface area contributed by atoms with Gasteiger partial charge in [0.2, 0.25) is 0 Å². The molecule has 0 aliphatic heterocycles. The second-order valence-electron chi connectivity index (χ2n) is 2.48. The smallest absolute Gasteiger partial charge is 0.0831 e. The zero-order valence-corrected chi connectivity index (χ0v) is 7.02. The number of nitrogens with two attached hydrogens (primary N) is 1. The van der Waals surface area contributed by atoms with Crippen LogP contribution in [0, 0.1) is 0 Å². The first kappa shape index (κ1) is 10.2. The van der Waals surface area contributed by atoms with Crippen molar-refractivity contribution < 1.29 is 10.2 Å². The van der Waals surface area contributed by atoms with Crippen molar-refractivity contribution in [3.05, 3.63) is 0 Å². The molecule has 1 atom stereocenters. The van der Waals surface area contributed by atoms with Crippen LogP contribution in [0.3, 0.4) is 0 Å². The van der Waals surface area contributed by atoms with Crippen LogP contribution in [0.1, 0.15) is 6.92 Å². The molecule has 1 unspecified atom stereocenters. The number of thioether (sulfide) groups is 1. The van der Waals surface area contributed by atoms with Crippen molar-refractivity contribution in [2.75, 3.05) is 24.7 Å². The van der Waals surface area contributed by atoms with Crippen molar-refractivity contribution in [1.29, 1.82) is 0 Å². The Morgan fingerprint density at radius 1 is 1.60 bits per heavy atom. The van der Waals surface area contributed by atoms with Crippen molar-refractivity contribution >= 4 is 11.8 Å². The Balaban J connectivity index is 3.28. The lowest BCUT2D eigenvalue weighted by molar-refractivity contribution is 0.0949. The number of aliphatic hydroxyl groups excluding tert-OH is 1. The van der Waals surface area contributed by atoms with Gasteiger partial charge in [0.25, 0.3) is 0 Å². The Labute approximate surface area is 65.6 Å². The van der Waals surface area contributed by atoms with Gasteiger partial charge in [-0.2, -0.15) is 11.8 Å². The predicted octanol–water partition coefficient (Wildman–Crippen LogP) is -0.578. The van der Waals surface area contributed by atoms with Gasteiger partial charge in [-0.15, -0.1) is 0 Å². The highest BCUT2D eigenvalue weighted by Crippen LogP contribution is 2.10. The first-order valence-electron chi connectivity index (χ1n) is 3.23. The Hall–Kier alpha value is 0.230. The van der Waals surface area contributed by atoms with Gasteiger partial charge in [0.1, 0.15) is 0 Å². The molecule has 0 aromatic carbocycles. The van der Waals surface area contributed by atoms with Crippen molar-refractivity contribution in [3.63, 3.8) is 0 Å². The minimum atomic E-state index is -0.778. The molecule has 0 saturated carbocycles. The maximum absolute atomic E-state index is 9.32. The summed E-state index contributed by atoms with van der Waals surface area (Å²) in [5.74, 6) is 1.25. The number of aliphatic hydroxyl groups is 2. The summed E-state index contributed by atoms with van der Waals surface area (Å²) in [7, 11) is 0. The highest BCUT2D eigenvalue weighted by Gasteiger charge is 2.16. The third-order valence-electron chi connectivity index (χ3n) is 1.09. The highest BCUT2D eigenvalue weighted by atomic mass is 32.2. The summed E-state index contributed by atoms with van der Waals surface area (Å²) in [6, 6.07) is 0. The molecule has 0 bridgehead atoms. The Morgan fingerprint density at radius 2 is 2.20 bits per heavy atom. The minimum Gasteiger partial charge on any atom is -0.396 e. The van der Waals surface area contributed by atoms with Gasteiger partial charge in [0, 0.05) is 18.1 Å². The van der Waals surface area contributed by atoms with E-state index in [0.717, 1.165) is 0 Å². The summed E-state index contributed by atoms with van der Waals surface area (Å²) in [4.78, 5) is 0. The number of hydrogen-bond acceptors (Lipinski definition) is 4. The fourth-order valence-corrected chi connectivity index (χ4v) is 1.25. The normalized spacial score (nSPS) is 16.8. The van der Waals surface area contributed by atoms with Crippen molar-refractivity contribution in [2.24, 2.45) is 5.73 Å². The lowest BCUT2D eigenvalue weighted by atomic mass is 10.1. The summed E-state index contributed by atoms with van der Waals surface area (Å²) >= 11 is 1.50. The van der Waals surface area contributed by atoms with Crippen LogP contribution in [0.5, 0.6) is 0 Å². The van der Waals surface area contributed by atoms with E-state index < -0.39 is 5.60 Å². The molecule has 0 aromatic heterocycles. The van der Waals surface area contributed by atoms with Gasteiger partial charge in [-0.25, -0.2) is 0 Å². The third-order valence-corrected chi connectivity index (χ3v) is 2.39. The second kappa shape index (κ2) is 4.96. The zero-order chi connectivity index (χ0) is 8.04. The molecule has 10 heavy (non-hydrogen) atoms. The Morgan fingerprint density at radius 3 is 2.60 bits per heavy atom. The quantitative estimate of drug-likeness (QED) is 0.477. The van der Waals surface area contributed by atoms with Gasteiger partial charge in [0.15, 0.2) is 0 Å². The molecule has 0 radical (unpaired) electrons. The number of hydrogen-bond donors (Lipinski definition) is 3. The van der Waals surface area contributed by atoms with Gasteiger partial charge in [0.05, 0.1) is 12.2 Å². The second-order valence-corrected chi connectivity index (χ2v) is 3.58. The summed E-state index contributed by atoms with van der Waals surface area (Å²) in [5.41, 5.74) is 4.48. The van der Waals surface area contributed by atoms with E-state index in [1.165, 1.54) is 11.8 Å². The van der Waals surface area contributed by atoms with Crippen molar-refractivity contribution in [1.82, 2.24) is 0 Å². The topological polar surface area (TPSA) is 66.5 Å². The molecule has 0 amide bonds. The molecule has 0 heterocycles. The fourth-order valence-electron chi connectivity index (χ4n) is 0.416. The molecule has 0 aliphatic carbocycles. The SMILES string of the molecule is CC(O)(CN)CSCCO. The van der Waals surface area contributed by atoms with Crippen LogP contribution in [0.4, 0.5) is 0 Å². The zero-order valence-electron chi connectivity index (χ0n) is 6.21. The first-order chi connectivity index (χ1) is 4.62. The summed E-state index contributed by atoms with van der Waals surface area (Å²) in [6.07, 6.45) is 0. The molecule has 62 valence electrons. The van der Waals surface area contributed by atoms with E-state index in [2.05, 4.69) is 0 Å². The fraction of sp³-hybridized carbons (Fsp3) is 1.00. The Bertz CT molecular complexity index is 87.8. The first-order valence-corrected chi connectivity index (χ1v) is 4.39. The van der Waals surface area contributed by atoms with E-state index in [1.807, 2.05) is 0 Å². The van der Waals surface area contributed by atoms with E-state index in [1.54, 1.807) is 6.92 Å². The molecule has 3 nitrogen and oxygen atoms in total. The molecule has 0 saturated heterocycles. The van der Waals surface area contributed by atoms with Gasteiger partial charge in [-0.3, -0.25) is 0 Å². The molecule has 0 rings (SSSR count). The van der Waals surface area contributed by atoms with Crippen LogP contribution >= 0.6 is 11.8 Å². The summed E-state index contributed by atoms with van der Waals surface area (Å²) in [6.45, 7) is 2.12. The standard InChI is InChI=1S/C6H15NO2S/c1-6(9,4-7)5-10-3-2-8/h8-9H,2-5,7H2,1H3. The third kappa shape index (κ3) is 5.05. The number of rotatable bonds is 5. The van der Waals surface area contributed by atoms with E-state index in [4.69, 9.17) is 10.8 Å². The van der Waals surface area contributed by atoms with Crippen molar-refractivity contribution in [3.8, 4) is 0 Å². The lowest BCUT2D eigenvalue weighted by Gasteiger charge is -2.19. The molecule has 0 fully saturated rings. The van der Waals surface area contributed by atoms with E-state index in [9.17, 15) is 5.11 Å². The van der Waals surface area contributed by atoms with Crippen LogP contribution < -0.4 is 5.73 Å². The van der Waals surface area contributed by atoms with Crippen molar-refractivity contribution in [2.45, 2.75) is 12.5 Å². The minimum absolute atomic E-state index is 0.158. The van der Waals surface area contributed by atoms with Crippen LogP contribution in [0.25, 0.3) is 0 Å². The molecule has 4 heteroatoms. The molecule has 4 N–H and O–H groups in total. The van der Waals surface area contributed by atoms with Crippen LogP contribution in [-0.4, -0.2) is 40.5 Å². The molecule has 0 aliphatic rings. The average molecular weight is 165 g/mol. The van der Waals surface area contributed by atoms with E-state index in [0.29, 0.717) is 11.5 Å². The van der Waals surface area contributed by atoms with Gasteiger partial charge >= 0.3 is 0 Å². The molecular formula is C6H15NO2S. The monoisotopic (exact) mass is 165 g/mol. The summed E-state index contributed by atoms with van der Waals surface area (Å²) < 4.78 is 0. The molecule has 0 spiro atoms. The predicted molar refractivity (Wildman–Crippen MR) is 44.1 cm³/mol. The van der Waals surface area contributed by atoms with Gasteiger partial charge < -0.3 is 15.9 Å². The highest BCUT2D eigenvalue weighted by molar-refractivity contribution is 7.99. The largest absolute Gasteiger partial charge is 0.396 e. The van der Waals surface area contributed by atoms with Gasteiger partial charge in [-0.1, -0.05) is 0 Å². The Kier molecular flexibility index (Phi) is 5.07. The maximum atomic E-state index is 9.32.